The molecular weight excluding hydrogens is 606 g/mol. The normalized spacial score (nSPS) is 13.9. The topological polar surface area (TPSA) is 195 Å². The smallest absolute Gasteiger partial charge is 0.351 e. The van der Waals surface area contributed by atoms with E-state index in [9.17, 15) is 29.1 Å². The van der Waals surface area contributed by atoms with Crippen molar-refractivity contribution >= 4 is 29.8 Å². The molecule has 0 amide bonds. The van der Waals surface area contributed by atoms with Crippen LogP contribution in [-0.4, -0.2) is 121 Å². The molecule has 1 fully saturated rings. The highest BCUT2D eigenvalue weighted by Gasteiger charge is 2.49. The largest absolute Gasteiger partial charge is 0.466 e. The maximum atomic E-state index is 13.5. The van der Waals surface area contributed by atoms with Crippen molar-refractivity contribution in [2.45, 2.75) is 115 Å². The zero-order valence-electron chi connectivity index (χ0n) is 27.4. The highest BCUT2D eigenvalue weighted by molar-refractivity contribution is 5.92. The van der Waals surface area contributed by atoms with Gasteiger partial charge in [0.1, 0.15) is 0 Å². The minimum absolute atomic E-state index is 0.00204. The summed E-state index contributed by atoms with van der Waals surface area (Å²) in [5.41, 5.74) is -2.33. The van der Waals surface area contributed by atoms with Gasteiger partial charge in [-0.3, -0.25) is 24.1 Å². The summed E-state index contributed by atoms with van der Waals surface area (Å²) >= 11 is 0. The van der Waals surface area contributed by atoms with E-state index in [0.717, 1.165) is 12.8 Å². The first kappa shape index (κ1) is 41.2. The van der Waals surface area contributed by atoms with E-state index in [2.05, 4.69) is 0 Å². The summed E-state index contributed by atoms with van der Waals surface area (Å²) in [6.45, 7) is 2.38. The number of unbranched alkanes of at least 4 members (excludes halogenated alkanes) is 6. The first-order valence-electron chi connectivity index (χ1n) is 16.6. The second kappa shape index (κ2) is 25.3. The van der Waals surface area contributed by atoms with E-state index in [-0.39, 0.29) is 77.6 Å². The number of aliphatic hydroxyl groups is 3. The Morgan fingerprint density at radius 1 is 0.609 bits per heavy atom. The zero-order valence-corrected chi connectivity index (χ0v) is 27.4. The van der Waals surface area contributed by atoms with E-state index in [1.165, 1.54) is 0 Å². The Bertz CT molecular complexity index is 895. The minimum atomic E-state index is -2.33. The maximum absolute atomic E-state index is 13.5. The monoisotopic (exact) mass is 661 g/mol. The van der Waals surface area contributed by atoms with Crippen molar-refractivity contribution < 1.29 is 63.0 Å². The van der Waals surface area contributed by atoms with Crippen LogP contribution in [-0.2, 0) is 47.7 Å². The Balaban J connectivity index is 3.00. The van der Waals surface area contributed by atoms with Gasteiger partial charge in [-0.05, 0) is 70.6 Å². The molecule has 0 bridgehead atoms. The highest BCUT2D eigenvalue weighted by Crippen LogP contribution is 2.29. The molecule has 0 aromatic heterocycles. The van der Waals surface area contributed by atoms with E-state index < -0.39 is 42.3 Å². The number of hydrogen-bond donors (Lipinski definition) is 3. The maximum Gasteiger partial charge on any atom is 0.351 e. The number of carbonyl (C=O) groups excluding carboxylic acids is 5. The van der Waals surface area contributed by atoms with E-state index in [1.807, 2.05) is 4.90 Å². The molecule has 3 N–H and O–H groups in total. The van der Waals surface area contributed by atoms with E-state index in [1.54, 1.807) is 6.92 Å². The average molecular weight is 662 g/mol. The minimum Gasteiger partial charge on any atom is -0.466 e. The summed E-state index contributed by atoms with van der Waals surface area (Å²) in [5.74, 6) is -3.95. The molecule has 0 aliphatic heterocycles. The van der Waals surface area contributed by atoms with Crippen molar-refractivity contribution in [1.82, 2.24) is 4.90 Å². The van der Waals surface area contributed by atoms with Gasteiger partial charge in [-0.15, -0.1) is 0 Å². The predicted molar refractivity (Wildman–Crippen MR) is 164 cm³/mol. The Hall–Kier alpha value is -2.81. The number of hydrogen-bond acceptors (Lipinski definition) is 14. The average Bonchev–Trinajstić information content (AvgIpc) is 3.87. The fourth-order valence-corrected chi connectivity index (χ4v) is 4.56. The third-order valence-corrected chi connectivity index (χ3v) is 7.30. The molecule has 0 aromatic rings. The third-order valence-electron chi connectivity index (χ3n) is 7.30. The second-order valence-electron chi connectivity index (χ2n) is 11.3. The molecule has 1 aliphatic carbocycles. The molecule has 0 heterocycles. The van der Waals surface area contributed by atoms with Gasteiger partial charge in [-0.2, -0.15) is 0 Å². The van der Waals surface area contributed by atoms with Crippen LogP contribution in [0.25, 0.3) is 0 Å². The summed E-state index contributed by atoms with van der Waals surface area (Å²) in [5, 5.41) is 27.4. The molecular formula is C32H55NO13. The molecule has 0 radical (unpaired) electrons. The Morgan fingerprint density at radius 3 is 1.54 bits per heavy atom. The van der Waals surface area contributed by atoms with E-state index in [0.29, 0.717) is 64.3 Å². The van der Waals surface area contributed by atoms with Crippen LogP contribution in [0, 0.1) is 0 Å². The molecule has 1 atom stereocenters. The van der Waals surface area contributed by atoms with Crippen LogP contribution in [0.2, 0.25) is 0 Å². The Morgan fingerprint density at radius 2 is 1.09 bits per heavy atom. The molecule has 0 saturated heterocycles. The van der Waals surface area contributed by atoms with Crippen molar-refractivity contribution in [3.63, 3.8) is 0 Å². The summed E-state index contributed by atoms with van der Waals surface area (Å²) < 4.78 is 26.7. The standard InChI is InChI=1S/C32H55NO13/c1-2-27(37)42-20-10-5-11-22-44-30(40)25-32(31(41)45-23-9-4-7-18-35,24-29(39)43-21-8-3-6-17-34)46-28(38)14-15-33(16-19-36)26-12-13-26/h26,34-36H,2-25H2,1H3. The van der Waals surface area contributed by atoms with Gasteiger partial charge < -0.3 is 39.0 Å². The molecule has 14 nitrogen and oxygen atoms in total. The van der Waals surface area contributed by atoms with Crippen molar-refractivity contribution in [3.05, 3.63) is 0 Å². The fraction of sp³-hybridized carbons (Fsp3) is 0.844. The summed E-state index contributed by atoms with van der Waals surface area (Å²) in [6, 6.07) is 0.253. The van der Waals surface area contributed by atoms with Crippen molar-refractivity contribution in [2.24, 2.45) is 0 Å². The van der Waals surface area contributed by atoms with E-state index >= 15 is 0 Å². The number of rotatable bonds is 29. The van der Waals surface area contributed by atoms with Gasteiger partial charge in [0.15, 0.2) is 0 Å². The second-order valence-corrected chi connectivity index (χ2v) is 11.3. The molecule has 1 saturated carbocycles. The molecule has 1 rings (SSSR count). The Labute approximate surface area is 272 Å². The lowest BCUT2D eigenvalue weighted by molar-refractivity contribution is -0.191. The molecule has 1 aliphatic rings. The van der Waals surface area contributed by atoms with Gasteiger partial charge >= 0.3 is 29.8 Å². The van der Waals surface area contributed by atoms with Crippen LogP contribution in [0.5, 0.6) is 0 Å². The molecule has 14 heteroatoms. The molecule has 266 valence electrons. The van der Waals surface area contributed by atoms with Crippen molar-refractivity contribution in [1.29, 1.82) is 0 Å². The van der Waals surface area contributed by atoms with Gasteiger partial charge in [-0.1, -0.05) is 6.92 Å². The van der Waals surface area contributed by atoms with Crippen LogP contribution in [0.3, 0.4) is 0 Å². The van der Waals surface area contributed by atoms with Crippen LogP contribution >= 0.6 is 0 Å². The van der Waals surface area contributed by atoms with Crippen LogP contribution in [0.1, 0.15) is 103 Å². The van der Waals surface area contributed by atoms with Gasteiger partial charge in [0.05, 0.1) is 52.3 Å². The van der Waals surface area contributed by atoms with Crippen molar-refractivity contribution in [3.8, 4) is 0 Å². The summed E-state index contributed by atoms with van der Waals surface area (Å²) in [4.78, 5) is 65.8. The number of esters is 5. The summed E-state index contributed by atoms with van der Waals surface area (Å²) in [6.07, 6.45) is 5.19. The van der Waals surface area contributed by atoms with E-state index in [4.69, 9.17) is 33.9 Å². The highest BCUT2D eigenvalue weighted by atomic mass is 16.6. The number of carbonyl (C=O) groups is 5. The molecule has 0 spiro atoms. The van der Waals surface area contributed by atoms with Crippen LogP contribution < -0.4 is 0 Å². The number of aliphatic hydroxyl groups excluding tert-OH is 3. The lowest BCUT2D eigenvalue weighted by Crippen LogP contribution is -2.49. The van der Waals surface area contributed by atoms with Crippen LogP contribution in [0.4, 0.5) is 0 Å². The number of nitrogens with zero attached hydrogens (tertiary/aromatic N) is 1. The molecule has 46 heavy (non-hydrogen) atoms. The molecule has 0 aromatic carbocycles. The summed E-state index contributed by atoms with van der Waals surface area (Å²) in [7, 11) is 0. The number of ether oxygens (including phenoxy) is 5. The van der Waals surface area contributed by atoms with Gasteiger partial charge in [-0.25, -0.2) is 4.79 Å². The first-order chi connectivity index (χ1) is 22.2. The quantitative estimate of drug-likeness (QED) is 0.0598. The third kappa shape index (κ3) is 19.0. The first-order valence-corrected chi connectivity index (χ1v) is 16.6. The zero-order chi connectivity index (χ0) is 34.0. The fourth-order valence-electron chi connectivity index (χ4n) is 4.56. The Kier molecular flexibility index (Phi) is 22.7. The lowest BCUT2D eigenvalue weighted by atomic mass is 9.94. The van der Waals surface area contributed by atoms with Gasteiger partial charge in [0.25, 0.3) is 0 Å². The van der Waals surface area contributed by atoms with Crippen molar-refractivity contribution in [2.75, 3.05) is 59.3 Å². The molecule has 1 unspecified atom stereocenters. The lowest BCUT2D eigenvalue weighted by Gasteiger charge is -2.30. The van der Waals surface area contributed by atoms with Gasteiger partial charge in [0, 0.05) is 38.8 Å². The SMILES string of the molecule is CCC(=O)OCCCCCOC(=O)CC(CC(=O)OCCCCCO)(OC(=O)CCN(CCO)C1CC1)C(=O)OCCCCCO. The van der Waals surface area contributed by atoms with Gasteiger partial charge in [0.2, 0.25) is 5.60 Å². The van der Waals surface area contributed by atoms with Crippen LogP contribution in [0.15, 0.2) is 0 Å². The predicted octanol–water partition coefficient (Wildman–Crippen LogP) is 1.97.